The second-order valence-electron chi connectivity index (χ2n) is 9.77. The number of rotatable bonds is 13. The van der Waals surface area contributed by atoms with E-state index in [9.17, 15) is 23.2 Å². The van der Waals surface area contributed by atoms with Gasteiger partial charge in [0.05, 0.1) is 39.6 Å². The lowest BCUT2D eigenvalue weighted by atomic mass is 10.1. The van der Waals surface area contributed by atoms with Crippen LogP contribution in [-0.2, 0) is 29.1 Å². The van der Waals surface area contributed by atoms with Gasteiger partial charge in [-0.05, 0) is 65.0 Å². The largest absolute Gasteiger partial charge is 0.569 e. The van der Waals surface area contributed by atoms with E-state index in [-0.39, 0.29) is 29.6 Å². The summed E-state index contributed by atoms with van der Waals surface area (Å²) >= 11 is 0. The van der Waals surface area contributed by atoms with E-state index in [1.165, 1.54) is 19.1 Å². The number of sulfonamides is 1. The average Bonchev–Trinajstić information content (AvgIpc) is 3.35. The molecule has 0 aliphatic rings. The van der Waals surface area contributed by atoms with Crippen LogP contribution in [0, 0.1) is 19.1 Å². The summed E-state index contributed by atoms with van der Waals surface area (Å²) in [5.74, 6) is 0. The zero-order valence-corrected chi connectivity index (χ0v) is 26.1. The predicted octanol–water partition coefficient (Wildman–Crippen LogP) is 4.61. The molecule has 44 heavy (non-hydrogen) atoms. The third kappa shape index (κ3) is 9.58. The lowest BCUT2D eigenvalue weighted by molar-refractivity contribution is -0.712. The van der Waals surface area contributed by atoms with Crippen LogP contribution >= 0.6 is 0 Å². The molecule has 15 nitrogen and oxygen atoms in total. The second-order valence-corrected chi connectivity index (χ2v) is 11.5. The minimum Gasteiger partial charge on any atom is -0.569 e. The van der Waals surface area contributed by atoms with Gasteiger partial charge in [0, 0.05) is 12.5 Å². The van der Waals surface area contributed by atoms with Crippen LogP contribution in [0.5, 0.6) is 0 Å². The Labute approximate surface area is 255 Å². The van der Waals surface area contributed by atoms with Crippen molar-refractivity contribution in [3.63, 3.8) is 0 Å². The van der Waals surface area contributed by atoms with Gasteiger partial charge in [-0.3, -0.25) is 4.84 Å². The van der Waals surface area contributed by atoms with Crippen LogP contribution in [-0.4, -0.2) is 72.5 Å². The van der Waals surface area contributed by atoms with Gasteiger partial charge in [-0.25, -0.2) is 27.4 Å². The summed E-state index contributed by atoms with van der Waals surface area (Å²) in [4.78, 5) is 28.4. The van der Waals surface area contributed by atoms with Crippen molar-refractivity contribution >= 4 is 22.3 Å². The van der Waals surface area contributed by atoms with Gasteiger partial charge in [-0.1, -0.05) is 29.8 Å². The lowest BCUT2D eigenvalue weighted by Crippen LogP contribution is -2.37. The Morgan fingerprint density at radius 1 is 1.07 bits per heavy atom. The van der Waals surface area contributed by atoms with Crippen LogP contribution in [0.2, 0.25) is 0 Å². The summed E-state index contributed by atoms with van der Waals surface area (Å²) in [5, 5.41) is 21.1. The summed E-state index contributed by atoms with van der Waals surface area (Å²) < 4.78 is 43.6. The van der Waals surface area contributed by atoms with Gasteiger partial charge >= 0.3 is 12.2 Å². The van der Waals surface area contributed by atoms with Crippen molar-refractivity contribution in [1.82, 2.24) is 19.5 Å². The summed E-state index contributed by atoms with van der Waals surface area (Å²) in [6.45, 7) is 9.73. The Bertz CT molecular complexity index is 1560. The van der Waals surface area contributed by atoms with Crippen LogP contribution in [0.15, 0.2) is 64.8 Å². The molecule has 1 aromatic heterocycles. The number of hydrogen-bond donors (Lipinski definition) is 1. The molecular weight excluding hydrogens is 596 g/mol. The maximum Gasteiger partial charge on any atom is 0.511 e. The van der Waals surface area contributed by atoms with E-state index in [1.807, 2.05) is 48.9 Å². The molecule has 238 valence electrons. The highest BCUT2D eigenvalue weighted by molar-refractivity contribution is 7.90. The van der Waals surface area contributed by atoms with E-state index < -0.39 is 34.7 Å². The highest BCUT2D eigenvalue weighted by atomic mass is 32.2. The van der Waals surface area contributed by atoms with Gasteiger partial charge in [0.1, 0.15) is 13.2 Å². The Hall–Kier alpha value is -4.86. The second kappa shape index (κ2) is 15.0. The van der Waals surface area contributed by atoms with E-state index >= 15 is 0 Å². The van der Waals surface area contributed by atoms with Crippen molar-refractivity contribution in [3.8, 4) is 16.9 Å². The van der Waals surface area contributed by atoms with Gasteiger partial charge in [0.15, 0.2) is 0 Å². The van der Waals surface area contributed by atoms with Crippen molar-refractivity contribution in [2.75, 3.05) is 19.7 Å². The number of aromatic nitrogens is 2. The molecule has 0 spiro atoms. The standard InChI is InChI=1S/C28H36N6O9S/c1-7-32(34(37)31-43-22(6)42-28(36)41-19(2)3)16-17-40-27(35)30-44(38,39)25-14-12-24(13-15-25)33-26(18-21(5)29-33)23-10-8-20(4)9-11-23/h8-15,18-19,22H,7,16-17H2,1-6H3,(H,30,35)/b34-31-. The first-order chi connectivity index (χ1) is 20.8. The van der Waals surface area contributed by atoms with Crippen molar-refractivity contribution in [2.24, 2.45) is 5.28 Å². The molecule has 1 unspecified atom stereocenters. The van der Waals surface area contributed by atoms with Gasteiger partial charge < -0.3 is 19.4 Å². The summed E-state index contributed by atoms with van der Waals surface area (Å²) in [7, 11) is -4.26. The molecule has 0 aliphatic heterocycles. The molecule has 3 rings (SSSR count). The number of hydrogen-bond acceptors (Lipinski definition) is 11. The van der Waals surface area contributed by atoms with Crippen molar-refractivity contribution < 1.29 is 42.0 Å². The molecule has 16 heteroatoms. The molecule has 1 atom stereocenters. The Kier molecular flexibility index (Phi) is 11.5. The maximum absolute atomic E-state index is 12.8. The van der Waals surface area contributed by atoms with Gasteiger partial charge in [-0.15, -0.1) is 5.01 Å². The Morgan fingerprint density at radius 3 is 2.34 bits per heavy atom. The van der Waals surface area contributed by atoms with Crippen LogP contribution in [0.3, 0.4) is 0 Å². The molecule has 0 radical (unpaired) electrons. The number of benzene rings is 2. The SMILES string of the molecule is CCN(CCOC(=O)NS(=O)(=O)c1ccc(-n2nc(C)cc2-c2ccc(C)cc2)cc1)/[N+]([O-])=N/OC(C)OC(=O)OC(C)C. The van der Waals surface area contributed by atoms with Crippen LogP contribution in [0.1, 0.15) is 39.0 Å². The van der Waals surface area contributed by atoms with E-state index in [0.29, 0.717) is 5.69 Å². The molecule has 2 aromatic carbocycles. The number of carbonyl (C=O) groups excluding carboxylic acids is 2. The number of aryl methyl sites for hydroxylation is 2. The molecule has 1 N–H and O–H groups in total. The average molecular weight is 633 g/mol. The van der Waals surface area contributed by atoms with Gasteiger partial charge in [0.2, 0.25) is 5.28 Å². The molecule has 0 saturated heterocycles. The highest BCUT2D eigenvalue weighted by Gasteiger charge is 2.21. The lowest BCUT2D eigenvalue weighted by Gasteiger charge is -2.17. The Balaban J connectivity index is 1.55. The zero-order valence-electron chi connectivity index (χ0n) is 25.3. The number of amides is 1. The smallest absolute Gasteiger partial charge is 0.511 e. The van der Waals surface area contributed by atoms with Gasteiger partial charge in [-0.2, -0.15) is 5.10 Å². The maximum atomic E-state index is 12.8. The topological polar surface area (TPSA) is 177 Å². The minimum absolute atomic E-state index is 0.0819. The van der Waals surface area contributed by atoms with Crippen LogP contribution < -0.4 is 4.72 Å². The summed E-state index contributed by atoms with van der Waals surface area (Å²) in [6, 6.07) is 15.8. The fourth-order valence-electron chi connectivity index (χ4n) is 3.73. The zero-order chi connectivity index (χ0) is 32.4. The molecule has 0 bridgehead atoms. The fraction of sp³-hybridized carbons (Fsp3) is 0.393. The van der Waals surface area contributed by atoms with Crippen molar-refractivity contribution in [3.05, 3.63) is 71.1 Å². The Morgan fingerprint density at radius 2 is 1.73 bits per heavy atom. The molecule has 3 aromatic rings. The molecule has 0 aliphatic carbocycles. The van der Waals surface area contributed by atoms with E-state index in [2.05, 4.69) is 10.4 Å². The summed E-state index contributed by atoms with van der Waals surface area (Å²) in [6.07, 6.45) is -3.83. The van der Waals surface area contributed by atoms with Crippen molar-refractivity contribution in [1.29, 1.82) is 0 Å². The van der Waals surface area contributed by atoms with E-state index in [0.717, 1.165) is 27.5 Å². The number of likely N-dealkylation sites (N-methyl/N-ethyl adjacent to an activating group) is 1. The van der Waals surface area contributed by atoms with Crippen LogP contribution in [0.25, 0.3) is 16.9 Å². The highest BCUT2D eigenvalue weighted by Crippen LogP contribution is 2.25. The monoisotopic (exact) mass is 632 g/mol. The first-order valence-corrected chi connectivity index (χ1v) is 15.2. The third-order valence-corrected chi connectivity index (χ3v) is 7.17. The number of ether oxygens (including phenoxy) is 3. The molecule has 1 heterocycles. The number of nitrogens with one attached hydrogen (secondary N) is 1. The quantitative estimate of drug-likeness (QED) is 0.0915. The molecule has 0 fully saturated rings. The van der Waals surface area contributed by atoms with E-state index in [4.69, 9.17) is 19.0 Å². The molecule has 1 amide bonds. The minimum atomic E-state index is -4.26. The van der Waals surface area contributed by atoms with Gasteiger partial charge in [0.25, 0.3) is 16.3 Å². The number of nitrogens with zero attached hydrogens (tertiary/aromatic N) is 5. The first kappa shape index (κ1) is 33.6. The normalized spacial score (nSPS) is 12.4. The van der Waals surface area contributed by atoms with Crippen molar-refractivity contribution in [2.45, 2.75) is 58.8 Å². The predicted molar refractivity (Wildman–Crippen MR) is 157 cm³/mol. The van der Waals surface area contributed by atoms with Crippen LogP contribution in [0.4, 0.5) is 9.59 Å². The molecule has 0 saturated carbocycles. The van der Waals surface area contributed by atoms with E-state index in [1.54, 1.807) is 37.6 Å². The fourth-order valence-corrected chi connectivity index (χ4v) is 4.63. The number of hydrazine groups is 1. The third-order valence-electron chi connectivity index (χ3n) is 5.84. The summed E-state index contributed by atoms with van der Waals surface area (Å²) in [5.41, 5.74) is 4.33. The number of carbonyl (C=O) groups is 2. The molecular formula is C28H36N6O9S. The first-order valence-electron chi connectivity index (χ1n) is 13.7.